The highest BCUT2D eigenvalue weighted by Crippen LogP contribution is 2.12. The largest absolute Gasteiger partial charge is 0.350 e. The van der Waals surface area contributed by atoms with Gasteiger partial charge in [-0.1, -0.05) is 6.07 Å². The van der Waals surface area contributed by atoms with E-state index in [-0.39, 0.29) is 24.6 Å². The lowest BCUT2D eigenvalue weighted by atomic mass is 10.2. The van der Waals surface area contributed by atoms with E-state index in [1.807, 2.05) is 6.07 Å². The summed E-state index contributed by atoms with van der Waals surface area (Å²) in [4.78, 5) is 28.6. The lowest BCUT2D eigenvalue weighted by Crippen LogP contribution is -2.32. The standard InChI is InChI=1S/C19H16N8O2/c28-18-7-6-17(15-4-2-8-20-12-15)23-26(18)10-9-21-19(29)14-3-1-5-16(11-14)27-13-22-24-25-27/h1-8,11-13H,9-10H2,(H,21,29). The summed E-state index contributed by atoms with van der Waals surface area (Å²) in [7, 11) is 0. The summed E-state index contributed by atoms with van der Waals surface area (Å²) in [5.74, 6) is -0.267. The molecule has 1 aromatic carbocycles. The molecule has 0 spiro atoms. The molecule has 0 saturated carbocycles. The van der Waals surface area contributed by atoms with Crippen molar-refractivity contribution in [2.24, 2.45) is 0 Å². The molecule has 0 aliphatic carbocycles. The second-order valence-corrected chi connectivity index (χ2v) is 6.08. The molecule has 0 atom stereocenters. The van der Waals surface area contributed by atoms with Gasteiger partial charge in [0.2, 0.25) is 0 Å². The van der Waals surface area contributed by atoms with Crippen molar-refractivity contribution in [2.75, 3.05) is 6.54 Å². The van der Waals surface area contributed by atoms with Crippen LogP contribution in [0.25, 0.3) is 16.9 Å². The monoisotopic (exact) mass is 388 g/mol. The van der Waals surface area contributed by atoms with E-state index in [9.17, 15) is 9.59 Å². The van der Waals surface area contributed by atoms with Crippen LogP contribution in [0.2, 0.25) is 0 Å². The van der Waals surface area contributed by atoms with Crippen molar-refractivity contribution in [3.63, 3.8) is 0 Å². The first kappa shape index (κ1) is 18.2. The SMILES string of the molecule is O=C(NCCn1nc(-c2cccnc2)ccc1=O)c1cccc(-n2cnnn2)c1. The maximum absolute atomic E-state index is 12.4. The zero-order valence-corrected chi connectivity index (χ0v) is 15.2. The van der Waals surface area contributed by atoms with Crippen LogP contribution in [0.15, 0.2) is 72.0 Å². The van der Waals surface area contributed by atoms with Crippen molar-refractivity contribution in [3.8, 4) is 16.9 Å². The third-order valence-corrected chi connectivity index (χ3v) is 4.15. The molecule has 3 aromatic heterocycles. The zero-order chi connectivity index (χ0) is 20.1. The van der Waals surface area contributed by atoms with Gasteiger partial charge in [0.1, 0.15) is 6.33 Å². The molecule has 4 rings (SSSR count). The molecule has 10 heteroatoms. The molecule has 3 heterocycles. The molecule has 0 fully saturated rings. The number of amides is 1. The minimum atomic E-state index is -0.267. The molecule has 0 saturated heterocycles. The average Bonchev–Trinajstić information content (AvgIpc) is 3.31. The Morgan fingerprint density at radius 3 is 2.83 bits per heavy atom. The average molecular weight is 388 g/mol. The second-order valence-electron chi connectivity index (χ2n) is 6.08. The van der Waals surface area contributed by atoms with Gasteiger partial charge >= 0.3 is 0 Å². The Morgan fingerprint density at radius 1 is 1.10 bits per heavy atom. The molecule has 4 aromatic rings. The highest BCUT2D eigenvalue weighted by Gasteiger charge is 2.08. The summed E-state index contributed by atoms with van der Waals surface area (Å²) in [5.41, 5.74) is 2.34. The van der Waals surface area contributed by atoms with Gasteiger partial charge in [-0.05, 0) is 46.8 Å². The number of nitrogens with one attached hydrogen (secondary N) is 1. The van der Waals surface area contributed by atoms with Crippen LogP contribution in [0.1, 0.15) is 10.4 Å². The van der Waals surface area contributed by atoms with Gasteiger partial charge in [-0.3, -0.25) is 14.6 Å². The van der Waals surface area contributed by atoms with Crippen LogP contribution in [-0.2, 0) is 6.54 Å². The minimum absolute atomic E-state index is 0.241. The van der Waals surface area contributed by atoms with E-state index in [0.29, 0.717) is 16.9 Å². The van der Waals surface area contributed by atoms with Crippen LogP contribution in [0.4, 0.5) is 0 Å². The summed E-state index contributed by atoms with van der Waals surface area (Å²) in [6, 6.07) is 13.7. The summed E-state index contributed by atoms with van der Waals surface area (Å²) in [6.45, 7) is 0.489. The first-order valence-corrected chi connectivity index (χ1v) is 8.81. The normalized spacial score (nSPS) is 10.6. The summed E-state index contributed by atoms with van der Waals surface area (Å²) < 4.78 is 2.78. The summed E-state index contributed by atoms with van der Waals surface area (Å²) in [6.07, 6.45) is 4.80. The van der Waals surface area contributed by atoms with Crippen molar-refractivity contribution in [3.05, 3.63) is 83.2 Å². The quantitative estimate of drug-likeness (QED) is 0.516. The number of benzene rings is 1. The number of tetrazole rings is 1. The van der Waals surface area contributed by atoms with Gasteiger partial charge in [-0.15, -0.1) is 5.10 Å². The topological polar surface area (TPSA) is 120 Å². The molecule has 0 bridgehead atoms. The Morgan fingerprint density at radius 2 is 2.03 bits per heavy atom. The Balaban J connectivity index is 1.42. The number of carbonyl (C=O) groups is 1. The van der Waals surface area contributed by atoms with E-state index < -0.39 is 0 Å². The molecule has 10 nitrogen and oxygen atoms in total. The first-order chi connectivity index (χ1) is 14.2. The third-order valence-electron chi connectivity index (χ3n) is 4.15. The maximum Gasteiger partial charge on any atom is 0.266 e. The third kappa shape index (κ3) is 4.21. The lowest BCUT2D eigenvalue weighted by molar-refractivity contribution is 0.0951. The van der Waals surface area contributed by atoms with Gasteiger partial charge in [0.25, 0.3) is 11.5 Å². The van der Waals surface area contributed by atoms with Gasteiger partial charge in [0.15, 0.2) is 0 Å². The number of hydrogen-bond acceptors (Lipinski definition) is 7. The van der Waals surface area contributed by atoms with E-state index in [4.69, 9.17) is 0 Å². The minimum Gasteiger partial charge on any atom is -0.350 e. The van der Waals surface area contributed by atoms with Gasteiger partial charge in [-0.2, -0.15) is 5.10 Å². The van der Waals surface area contributed by atoms with Crippen molar-refractivity contribution in [2.45, 2.75) is 6.54 Å². The molecule has 0 unspecified atom stereocenters. The van der Waals surface area contributed by atoms with E-state index >= 15 is 0 Å². The number of nitrogens with zero attached hydrogens (tertiary/aromatic N) is 7. The van der Waals surface area contributed by atoms with Gasteiger partial charge in [-0.25, -0.2) is 9.36 Å². The molecular formula is C19H16N8O2. The Labute approximate surface area is 164 Å². The zero-order valence-electron chi connectivity index (χ0n) is 15.2. The van der Waals surface area contributed by atoms with E-state index in [1.54, 1.807) is 48.8 Å². The molecule has 0 aliphatic rings. The molecule has 1 N–H and O–H groups in total. The summed E-state index contributed by atoms with van der Waals surface area (Å²) >= 11 is 0. The van der Waals surface area contributed by atoms with Crippen LogP contribution in [0.3, 0.4) is 0 Å². The number of aromatic nitrogens is 7. The fourth-order valence-corrected chi connectivity index (χ4v) is 2.72. The Kier molecular flexibility index (Phi) is 5.14. The van der Waals surface area contributed by atoms with Crippen LogP contribution < -0.4 is 10.9 Å². The lowest BCUT2D eigenvalue weighted by Gasteiger charge is -2.09. The fraction of sp³-hybridized carbons (Fsp3) is 0.105. The van der Waals surface area contributed by atoms with Crippen molar-refractivity contribution in [1.82, 2.24) is 40.3 Å². The van der Waals surface area contributed by atoms with Crippen molar-refractivity contribution < 1.29 is 4.79 Å². The molecule has 144 valence electrons. The molecule has 0 radical (unpaired) electrons. The van der Waals surface area contributed by atoms with E-state index in [1.165, 1.54) is 21.8 Å². The van der Waals surface area contributed by atoms with E-state index in [0.717, 1.165) is 5.56 Å². The van der Waals surface area contributed by atoms with Gasteiger partial charge < -0.3 is 5.32 Å². The highest BCUT2D eigenvalue weighted by atomic mass is 16.2. The molecule has 0 aliphatic heterocycles. The Bertz CT molecular complexity index is 1170. The predicted molar refractivity (Wildman–Crippen MR) is 103 cm³/mol. The number of hydrogen-bond donors (Lipinski definition) is 1. The number of carbonyl (C=O) groups excluding carboxylic acids is 1. The summed E-state index contributed by atoms with van der Waals surface area (Å²) in [5, 5.41) is 18.1. The first-order valence-electron chi connectivity index (χ1n) is 8.81. The van der Waals surface area contributed by atoms with Gasteiger partial charge in [0.05, 0.1) is 17.9 Å². The fourth-order valence-electron chi connectivity index (χ4n) is 2.72. The number of pyridine rings is 1. The van der Waals surface area contributed by atoms with E-state index in [2.05, 4.69) is 30.9 Å². The predicted octanol–water partition coefficient (Wildman–Crippen LogP) is 0.711. The van der Waals surface area contributed by atoms with Crippen LogP contribution in [-0.4, -0.2) is 47.4 Å². The van der Waals surface area contributed by atoms with Gasteiger partial charge in [0, 0.05) is 36.1 Å². The Hall–Kier alpha value is -4.21. The maximum atomic E-state index is 12.4. The second kappa shape index (κ2) is 8.21. The number of rotatable bonds is 6. The molecule has 1 amide bonds. The van der Waals surface area contributed by atoms with Crippen molar-refractivity contribution in [1.29, 1.82) is 0 Å². The highest BCUT2D eigenvalue weighted by molar-refractivity contribution is 5.94. The molecule has 29 heavy (non-hydrogen) atoms. The van der Waals surface area contributed by atoms with Crippen molar-refractivity contribution >= 4 is 5.91 Å². The van der Waals surface area contributed by atoms with Crippen LogP contribution in [0, 0.1) is 0 Å². The smallest absolute Gasteiger partial charge is 0.266 e. The molecular weight excluding hydrogens is 372 g/mol. The van der Waals surface area contributed by atoms with Crippen LogP contribution >= 0.6 is 0 Å². The van der Waals surface area contributed by atoms with Crippen LogP contribution in [0.5, 0.6) is 0 Å².